The van der Waals surface area contributed by atoms with Gasteiger partial charge in [-0.05, 0) is 32.1 Å². The van der Waals surface area contributed by atoms with E-state index >= 15 is 0 Å². The van der Waals surface area contributed by atoms with Gasteiger partial charge in [0.1, 0.15) is 6.04 Å². The van der Waals surface area contributed by atoms with Crippen LogP contribution < -0.4 is 0 Å². The minimum Gasteiger partial charge on any atom is -0.338 e. The zero-order chi connectivity index (χ0) is 17.8. The molecule has 138 valence electrons. The van der Waals surface area contributed by atoms with Gasteiger partial charge in [-0.15, -0.1) is 11.3 Å². The minimum atomic E-state index is -0.274. The molecule has 2 amide bonds. The first-order valence-electron chi connectivity index (χ1n) is 9.59. The van der Waals surface area contributed by atoms with Crippen molar-refractivity contribution in [3.8, 4) is 0 Å². The monoisotopic (exact) mass is 363 g/mol. The fourth-order valence-corrected chi connectivity index (χ4v) is 4.77. The molecule has 0 spiro atoms. The standard InChI is InChI=1S/C19H29N3O2S/c1-3-17-20-15(13-25-17)12-21(2)19(24)16-10-7-11-22(16)18(23)14-8-5-4-6-9-14/h13-14,16H,3-12H2,1-2H3. The Hall–Kier alpha value is -1.43. The Morgan fingerprint density at radius 1 is 1.24 bits per heavy atom. The predicted octanol–water partition coefficient (Wildman–Crippen LogP) is 3.24. The zero-order valence-electron chi connectivity index (χ0n) is 15.4. The number of hydrogen-bond acceptors (Lipinski definition) is 4. The Morgan fingerprint density at radius 3 is 2.68 bits per heavy atom. The second kappa shape index (κ2) is 8.30. The molecule has 1 atom stereocenters. The van der Waals surface area contributed by atoms with Crippen LogP contribution in [0.1, 0.15) is 62.6 Å². The molecule has 1 aliphatic carbocycles. The van der Waals surface area contributed by atoms with Crippen LogP contribution in [0, 0.1) is 5.92 Å². The number of likely N-dealkylation sites (tertiary alicyclic amines) is 1. The zero-order valence-corrected chi connectivity index (χ0v) is 16.2. The maximum absolute atomic E-state index is 12.9. The van der Waals surface area contributed by atoms with Gasteiger partial charge in [0.15, 0.2) is 0 Å². The number of thiazole rings is 1. The largest absolute Gasteiger partial charge is 0.338 e. The molecule has 2 fully saturated rings. The maximum atomic E-state index is 12.9. The summed E-state index contributed by atoms with van der Waals surface area (Å²) in [6.07, 6.45) is 8.16. The number of likely N-dealkylation sites (N-methyl/N-ethyl adjacent to an activating group) is 1. The average molecular weight is 364 g/mol. The number of hydrogen-bond donors (Lipinski definition) is 0. The van der Waals surface area contributed by atoms with Crippen molar-refractivity contribution in [1.82, 2.24) is 14.8 Å². The first-order chi connectivity index (χ1) is 12.1. The van der Waals surface area contributed by atoms with E-state index in [4.69, 9.17) is 0 Å². The number of amides is 2. The number of nitrogens with zero attached hydrogens (tertiary/aromatic N) is 3. The molecule has 1 unspecified atom stereocenters. The van der Waals surface area contributed by atoms with E-state index in [1.165, 1.54) is 6.42 Å². The Balaban J connectivity index is 1.62. The van der Waals surface area contributed by atoms with Crippen molar-refractivity contribution in [2.45, 2.75) is 70.9 Å². The average Bonchev–Trinajstić information content (AvgIpc) is 3.30. The fraction of sp³-hybridized carbons (Fsp3) is 0.737. The molecule has 0 radical (unpaired) electrons. The van der Waals surface area contributed by atoms with E-state index in [9.17, 15) is 9.59 Å². The molecule has 2 heterocycles. The highest BCUT2D eigenvalue weighted by atomic mass is 32.1. The highest BCUT2D eigenvalue weighted by molar-refractivity contribution is 7.09. The number of carbonyl (C=O) groups is 2. The van der Waals surface area contributed by atoms with Gasteiger partial charge >= 0.3 is 0 Å². The van der Waals surface area contributed by atoms with E-state index in [0.29, 0.717) is 6.54 Å². The van der Waals surface area contributed by atoms with Crippen molar-refractivity contribution in [2.75, 3.05) is 13.6 Å². The van der Waals surface area contributed by atoms with Gasteiger partial charge < -0.3 is 9.80 Å². The Morgan fingerprint density at radius 2 is 2.00 bits per heavy atom. The van der Waals surface area contributed by atoms with E-state index in [2.05, 4.69) is 11.9 Å². The molecule has 0 N–H and O–H groups in total. The maximum Gasteiger partial charge on any atom is 0.245 e. The van der Waals surface area contributed by atoms with Crippen molar-refractivity contribution in [3.05, 3.63) is 16.1 Å². The molecule has 1 aromatic rings. The molecule has 2 aliphatic rings. The lowest BCUT2D eigenvalue weighted by Crippen LogP contribution is -2.48. The smallest absolute Gasteiger partial charge is 0.245 e. The van der Waals surface area contributed by atoms with E-state index in [0.717, 1.165) is 62.2 Å². The van der Waals surface area contributed by atoms with Crippen LogP contribution in [0.15, 0.2) is 5.38 Å². The van der Waals surface area contributed by atoms with Gasteiger partial charge in [-0.3, -0.25) is 9.59 Å². The summed E-state index contributed by atoms with van der Waals surface area (Å²) in [5.74, 6) is 0.414. The number of rotatable bonds is 5. The molecule has 1 aromatic heterocycles. The molecule has 1 saturated carbocycles. The van der Waals surface area contributed by atoms with Crippen LogP contribution in [0.2, 0.25) is 0 Å². The quantitative estimate of drug-likeness (QED) is 0.807. The first-order valence-corrected chi connectivity index (χ1v) is 10.5. The van der Waals surface area contributed by atoms with Crippen LogP contribution in [0.25, 0.3) is 0 Å². The number of aryl methyl sites for hydroxylation is 1. The van der Waals surface area contributed by atoms with Crippen molar-refractivity contribution in [3.63, 3.8) is 0 Å². The number of aromatic nitrogens is 1. The van der Waals surface area contributed by atoms with Crippen molar-refractivity contribution in [1.29, 1.82) is 0 Å². The highest BCUT2D eigenvalue weighted by Gasteiger charge is 2.38. The summed E-state index contributed by atoms with van der Waals surface area (Å²) in [6, 6.07) is -0.274. The van der Waals surface area contributed by atoms with Crippen molar-refractivity contribution < 1.29 is 9.59 Å². The van der Waals surface area contributed by atoms with Crippen LogP contribution in [0.5, 0.6) is 0 Å². The Kier molecular flexibility index (Phi) is 6.10. The summed E-state index contributed by atoms with van der Waals surface area (Å²) in [7, 11) is 1.83. The van der Waals surface area contributed by atoms with Crippen LogP contribution in [0.4, 0.5) is 0 Å². The lowest BCUT2D eigenvalue weighted by atomic mass is 9.88. The normalized spacial score (nSPS) is 21.5. The number of carbonyl (C=O) groups excluding carboxylic acids is 2. The Bertz CT molecular complexity index is 610. The molecule has 1 saturated heterocycles. The molecule has 6 heteroatoms. The summed E-state index contributed by atoms with van der Waals surface area (Å²) >= 11 is 1.65. The lowest BCUT2D eigenvalue weighted by Gasteiger charge is -2.31. The highest BCUT2D eigenvalue weighted by Crippen LogP contribution is 2.29. The molecule has 25 heavy (non-hydrogen) atoms. The molecule has 0 aromatic carbocycles. The molecule has 0 bridgehead atoms. The third kappa shape index (κ3) is 4.22. The van der Waals surface area contributed by atoms with Gasteiger partial charge in [0.25, 0.3) is 0 Å². The van der Waals surface area contributed by atoms with E-state index < -0.39 is 0 Å². The van der Waals surface area contributed by atoms with Gasteiger partial charge in [0, 0.05) is 24.9 Å². The lowest BCUT2D eigenvalue weighted by molar-refractivity contribution is -0.146. The van der Waals surface area contributed by atoms with E-state index in [1.807, 2.05) is 17.3 Å². The van der Waals surface area contributed by atoms with E-state index in [1.54, 1.807) is 16.2 Å². The summed E-state index contributed by atoms with van der Waals surface area (Å²) in [6.45, 7) is 3.35. The minimum absolute atomic E-state index is 0.0627. The Labute approximate surface area is 154 Å². The third-order valence-electron chi connectivity index (χ3n) is 5.45. The van der Waals surface area contributed by atoms with Gasteiger partial charge in [0.05, 0.1) is 17.2 Å². The van der Waals surface area contributed by atoms with Crippen molar-refractivity contribution >= 4 is 23.2 Å². The second-order valence-corrected chi connectivity index (χ2v) is 8.25. The van der Waals surface area contributed by atoms with Crippen LogP contribution in [-0.2, 0) is 22.6 Å². The van der Waals surface area contributed by atoms with Gasteiger partial charge in [-0.2, -0.15) is 0 Å². The molecule has 5 nitrogen and oxygen atoms in total. The summed E-state index contributed by atoms with van der Waals surface area (Å²) in [5, 5.41) is 3.13. The van der Waals surface area contributed by atoms with Gasteiger partial charge in [-0.25, -0.2) is 4.98 Å². The second-order valence-electron chi connectivity index (χ2n) is 7.31. The van der Waals surface area contributed by atoms with Gasteiger partial charge in [0.2, 0.25) is 11.8 Å². The fourth-order valence-electron chi connectivity index (χ4n) is 4.03. The molecular weight excluding hydrogens is 334 g/mol. The summed E-state index contributed by atoms with van der Waals surface area (Å²) < 4.78 is 0. The van der Waals surface area contributed by atoms with Crippen LogP contribution >= 0.6 is 11.3 Å². The molecular formula is C19H29N3O2S. The van der Waals surface area contributed by atoms with E-state index in [-0.39, 0.29) is 23.8 Å². The first kappa shape index (κ1) is 18.4. The third-order valence-corrected chi connectivity index (χ3v) is 6.49. The summed E-state index contributed by atoms with van der Waals surface area (Å²) in [5.41, 5.74) is 0.945. The van der Waals surface area contributed by atoms with Crippen molar-refractivity contribution in [2.24, 2.45) is 5.92 Å². The molecule has 1 aliphatic heterocycles. The van der Waals surface area contributed by atoms with Crippen LogP contribution in [-0.4, -0.2) is 46.2 Å². The topological polar surface area (TPSA) is 53.5 Å². The van der Waals surface area contributed by atoms with Gasteiger partial charge in [-0.1, -0.05) is 26.2 Å². The van der Waals surface area contributed by atoms with Crippen LogP contribution in [0.3, 0.4) is 0 Å². The molecule has 3 rings (SSSR count). The summed E-state index contributed by atoms with van der Waals surface area (Å²) in [4.78, 5) is 34.0. The predicted molar refractivity (Wildman–Crippen MR) is 99.3 cm³/mol. The SMILES string of the molecule is CCc1nc(CN(C)C(=O)C2CCCN2C(=O)C2CCCCC2)cs1.